The van der Waals surface area contributed by atoms with E-state index in [0.717, 1.165) is 25.5 Å². The average Bonchev–Trinajstić information content (AvgIpc) is 2.35. The van der Waals surface area contributed by atoms with Crippen molar-refractivity contribution in [2.24, 2.45) is 0 Å². The van der Waals surface area contributed by atoms with Crippen LogP contribution in [-0.4, -0.2) is 25.2 Å². The van der Waals surface area contributed by atoms with Crippen LogP contribution in [0.2, 0.25) is 0 Å². The first-order chi connectivity index (χ1) is 9.02. The lowest BCUT2D eigenvalue weighted by Crippen LogP contribution is -2.47. The number of anilines is 1. The van der Waals surface area contributed by atoms with E-state index in [1.807, 2.05) is 13.8 Å². The summed E-state index contributed by atoms with van der Waals surface area (Å²) in [7, 11) is 0. The van der Waals surface area contributed by atoms with Crippen LogP contribution in [0.25, 0.3) is 0 Å². The normalized spacial score (nSPS) is 23.7. The van der Waals surface area contributed by atoms with Crippen molar-refractivity contribution in [3.63, 3.8) is 0 Å². The van der Waals surface area contributed by atoms with Crippen LogP contribution in [0.15, 0.2) is 12.1 Å². The Labute approximate surface area is 111 Å². The van der Waals surface area contributed by atoms with Crippen LogP contribution in [0.1, 0.15) is 26.7 Å². The van der Waals surface area contributed by atoms with Gasteiger partial charge in [0.15, 0.2) is 11.6 Å². The molecule has 1 aliphatic rings. The van der Waals surface area contributed by atoms with E-state index in [1.54, 1.807) is 4.90 Å². The molecule has 19 heavy (non-hydrogen) atoms. The molecule has 2 nitrogen and oxygen atoms in total. The van der Waals surface area contributed by atoms with Crippen molar-refractivity contribution in [3.8, 4) is 0 Å². The summed E-state index contributed by atoms with van der Waals surface area (Å²) in [6, 6.07) is 2.09. The molecular weight excluding hydrogens is 253 g/mol. The third-order valence-electron chi connectivity index (χ3n) is 3.65. The second-order valence-corrected chi connectivity index (χ2v) is 5.04. The molecule has 2 unspecified atom stereocenters. The first-order valence-corrected chi connectivity index (χ1v) is 6.67. The summed E-state index contributed by atoms with van der Waals surface area (Å²) in [5.41, 5.74) is 0.0277. The minimum Gasteiger partial charge on any atom is -0.366 e. The summed E-state index contributed by atoms with van der Waals surface area (Å²) >= 11 is 0. The third-order valence-corrected chi connectivity index (χ3v) is 3.65. The molecule has 0 aliphatic carbocycles. The first-order valence-electron chi connectivity index (χ1n) is 6.67. The lowest BCUT2D eigenvalue weighted by atomic mass is 9.97. The number of rotatable bonds is 3. The van der Waals surface area contributed by atoms with E-state index < -0.39 is 17.5 Å². The van der Waals surface area contributed by atoms with Crippen molar-refractivity contribution in [3.05, 3.63) is 29.6 Å². The average molecular weight is 272 g/mol. The molecule has 1 saturated heterocycles. The minimum absolute atomic E-state index is 0.0277. The van der Waals surface area contributed by atoms with Gasteiger partial charge in [-0.25, -0.2) is 13.2 Å². The van der Waals surface area contributed by atoms with Crippen LogP contribution in [0.4, 0.5) is 18.9 Å². The fourth-order valence-electron chi connectivity index (χ4n) is 2.76. The van der Waals surface area contributed by atoms with Crippen LogP contribution in [-0.2, 0) is 0 Å². The maximum atomic E-state index is 13.8. The smallest absolute Gasteiger partial charge is 0.182 e. The van der Waals surface area contributed by atoms with E-state index in [1.165, 1.54) is 0 Å². The fourth-order valence-corrected chi connectivity index (χ4v) is 2.76. The Morgan fingerprint density at radius 1 is 1.32 bits per heavy atom. The zero-order chi connectivity index (χ0) is 14.0. The molecule has 0 amide bonds. The maximum absolute atomic E-state index is 13.8. The Balaban J connectivity index is 2.19. The highest BCUT2D eigenvalue weighted by molar-refractivity contribution is 5.50. The molecule has 0 bridgehead atoms. The highest BCUT2D eigenvalue weighted by Crippen LogP contribution is 2.29. The van der Waals surface area contributed by atoms with Crippen LogP contribution >= 0.6 is 0 Å². The zero-order valence-corrected chi connectivity index (χ0v) is 11.2. The molecule has 0 aromatic heterocycles. The van der Waals surface area contributed by atoms with Gasteiger partial charge in [-0.05, 0) is 26.3 Å². The molecule has 1 aromatic rings. The summed E-state index contributed by atoms with van der Waals surface area (Å²) in [5.74, 6) is -2.83. The quantitative estimate of drug-likeness (QED) is 0.851. The molecule has 1 fully saturated rings. The first kappa shape index (κ1) is 14.2. The third kappa shape index (κ3) is 3.03. The molecule has 0 saturated carbocycles. The predicted molar refractivity (Wildman–Crippen MR) is 69.8 cm³/mol. The summed E-state index contributed by atoms with van der Waals surface area (Å²) in [6.07, 6.45) is 1.68. The number of nitrogens with zero attached hydrogens (tertiary/aromatic N) is 1. The molecule has 1 heterocycles. The number of piperidine rings is 1. The highest BCUT2D eigenvalue weighted by atomic mass is 19.2. The maximum Gasteiger partial charge on any atom is 0.182 e. The molecule has 1 aliphatic heterocycles. The fraction of sp³-hybridized carbons (Fsp3) is 0.571. The van der Waals surface area contributed by atoms with Crippen LogP contribution in [0, 0.1) is 17.5 Å². The van der Waals surface area contributed by atoms with Crippen molar-refractivity contribution < 1.29 is 13.2 Å². The molecule has 0 radical (unpaired) electrons. The van der Waals surface area contributed by atoms with E-state index in [4.69, 9.17) is 0 Å². The predicted octanol–water partition coefficient (Wildman–Crippen LogP) is 3.07. The monoisotopic (exact) mass is 272 g/mol. The van der Waals surface area contributed by atoms with Gasteiger partial charge in [-0.3, -0.25) is 0 Å². The van der Waals surface area contributed by atoms with E-state index in [9.17, 15) is 13.2 Å². The van der Waals surface area contributed by atoms with Crippen molar-refractivity contribution in [2.75, 3.05) is 18.0 Å². The molecule has 106 valence electrons. The lowest BCUT2D eigenvalue weighted by molar-refractivity contribution is 0.369. The Kier molecular flexibility index (Phi) is 4.34. The number of hydrogen-bond donors (Lipinski definition) is 1. The second kappa shape index (κ2) is 5.82. The van der Waals surface area contributed by atoms with E-state index in [2.05, 4.69) is 5.32 Å². The largest absolute Gasteiger partial charge is 0.366 e. The van der Waals surface area contributed by atoms with E-state index >= 15 is 0 Å². The summed E-state index contributed by atoms with van der Waals surface area (Å²) in [6.45, 7) is 5.48. The SMILES string of the molecule is CCNC1CCN(c2cc(F)cc(F)c2F)C(C)C1. The van der Waals surface area contributed by atoms with Crippen molar-refractivity contribution >= 4 is 5.69 Å². The van der Waals surface area contributed by atoms with Gasteiger partial charge in [0.2, 0.25) is 0 Å². The van der Waals surface area contributed by atoms with Gasteiger partial charge in [-0.15, -0.1) is 0 Å². The highest BCUT2D eigenvalue weighted by Gasteiger charge is 2.28. The van der Waals surface area contributed by atoms with Gasteiger partial charge in [0.05, 0.1) is 5.69 Å². The van der Waals surface area contributed by atoms with Crippen LogP contribution < -0.4 is 10.2 Å². The Morgan fingerprint density at radius 3 is 2.68 bits per heavy atom. The number of nitrogens with one attached hydrogen (secondary N) is 1. The van der Waals surface area contributed by atoms with Crippen molar-refractivity contribution in [1.82, 2.24) is 5.32 Å². The van der Waals surface area contributed by atoms with Gasteiger partial charge in [0, 0.05) is 30.8 Å². The van der Waals surface area contributed by atoms with Gasteiger partial charge in [0.1, 0.15) is 5.82 Å². The molecule has 1 N–H and O–H groups in total. The molecule has 2 rings (SSSR count). The second-order valence-electron chi connectivity index (χ2n) is 5.04. The van der Waals surface area contributed by atoms with Gasteiger partial charge in [-0.2, -0.15) is 0 Å². The molecule has 1 aromatic carbocycles. The molecule has 0 spiro atoms. The summed E-state index contributed by atoms with van der Waals surface area (Å²) in [5, 5.41) is 3.36. The number of benzene rings is 1. The van der Waals surface area contributed by atoms with Crippen LogP contribution in [0.3, 0.4) is 0 Å². The van der Waals surface area contributed by atoms with Gasteiger partial charge < -0.3 is 10.2 Å². The molecule has 5 heteroatoms. The Bertz CT molecular complexity index is 451. The Morgan fingerprint density at radius 2 is 2.05 bits per heavy atom. The van der Waals surface area contributed by atoms with E-state index in [0.29, 0.717) is 18.7 Å². The summed E-state index contributed by atoms with van der Waals surface area (Å²) < 4.78 is 40.3. The van der Waals surface area contributed by atoms with Gasteiger partial charge in [0.25, 0.3) is 0 Å². The molecular formula is C14H19F3N2. The molecule has 2 atom stereocenters. The van der Waals surface area contributed by atoms with Gasteiger partial charge in [-0.1, -0.05) is 6.92 Å². The summed E-state index contributed by atoms with van der Waals surface area (Å²) in [4.78, 5) is 1.75. The zero-order valence-electron chi connectivity index (χ0n) is 11.2. The van der Waals surface area contributed by atoms with Crippen molar-refractivity contribution in [1.29, 1.82) is 0 Å². The standard InChI is InChI=1S/C14H19F3N2/c1-3-18-11-4-5-19(9(2)6-11)13-8-10(15)7-12(16)14(13)17/h7-9,11,18H,3-6H2,1-2H3. The van der Waals surface area contributed by atoms with Crippen LogP contribution in [0.5, 0.6) is 0 Å². The minimum atomic E-state index is -1.13. The van der Waals surface area contributed by atoms with Crippen molar-refractivity contribution in [2.45, 2.75) is 38.8 Å². The number of halogens is 3. The number of hydrogen-bond acceptors (Lipinski definition) is 2. The Hall–Kier alpha value is -1.23. The topological polar surface area (TPSA) is 15.3 Å². The van der Waals surface area contributed by atoms with Gasteiger partial charge >= 0.3 is 0 Å². The van der Waals surface area contributed by atoms with E-state index in [-0.39, 0.29) is 11.7 Å². The lowest BCUT2D eigenvalue weighted by Gasteiger charge is -2.39.